The highest BCUT2D eigenvalue weighted by molar-refractivity contribution is 7.09. The molecule has 0 spiro atoms. The van der Waals surface area contributed by atoms with E-state index in [2.05, 4.69) is 20.0 Å². The van der Waals surface area contributed by atoms with Gasteiger partial charge < -0.3 is 14.8 Å². The summed E-state index contributed by atoms with van der Waals surface area (Å²) >= 11 is 1.45. The van der Waals surface area contributed by atoms with Crippen LogP contribution in [-0.4, -0.2) is 29.1 Å². The minimum Gasteiger partial charge on any atom is -0.490 e. The van der Waals surface area contributed by atoms with E-state index in [0.717, 1.165) is 16.3 Å². The Morgan fingerprint density at radius 1 is 1.23 bits per heavy atom. The molecule has 2 aromatic heterocycles. The molecule has 0 aliphatic carbocycles. The number of nitrogens with zero attached hydrogens (tertiary/aromatic N) is 2. The van der Waals surface area contributed by atoms with Gasteiger partial charge in [-0.2, -0.15) is 8.78 Å². The molecule has 0 aliphatic rings. The molecule has 3 aromatic rings. The number of amides is 1. The molecule has 156 valence electrons. The van der Waals surface area contributed by atoms with Crippen molar-refractivity contribution in [1.82, 2.24) is 15.3 Å². The summed E-state index contributed by atoms with van der Waals surface area (Å²) in [6.07, 6.45) is 6.32. The summed E-state index contributed by atoms with van der Waals surface area (Å²) in [6.45, 7) is -0.616. The Balaban J connectivity index is 1.58. The number of hydrogen-bond donors (Lipinski definition) is 1. The van der Waals surface area contributed by atoms with Gasteiger partial charge in [-0.1, -0.05) is 6.07 Å². The Morgan fingerprint density at radius 2 is 2.03 bits per heavy atom. The number of ether oxygens (including phenoxy) is 2. The maximum atomic E-state index is 12.5. The van der Waals surface area contributed by atoms with E-state index in [1.807, 2.05) is 17.5 Å². The van der Waals surface area contributed by atoms with Crippen molar-refractivity contribution in [2.24, 2.45) is 0 Å². The molecule has 0 fully saturated rings. The van der Waals surface area contributed by atoms with Crippen LogP contribution >= 0.6 is 11.3 Å². The number of nitrogens with one attached hydrogen (secondary N) is 1. The summed E-state index contributed by atoms with van der Waals surface area (Å²) in [5.41, 5.74) is 2.41. The monoisotopic (exact) mass is 431 g/mol. The number of carbonyl (C=O) groups excluding carboxylic acids is 1. The van der Waals surface area contributed by atoms with Gasteiger partial charge in [0.15, 0.2) is 11.5 Å². The average molecular weight is 431 g/mol. The van der Waals surface area contributed by atoms with Gasteiger partial charge in [0, 0.05) is 29.4 Å². The van der Waals surface area contributed by atoms with Gasteiger partial charge in [-0.3, -0.25) is 9.78 Å². The summed E-state index contributed by atoms with van der Waals surface area (Å²) in [6, 6.07) is 8.21. The first-order valence-corrected chi connectivity index (χ1v) is 9.95. The number of benzene rings is 1. The maximum absolute atomic E-state index is 12.5. The van der Waals surface area contributed by atoms with Gasteiger partial charge in [0.1, 0.15) is 5.01 Å². The minimum absolute atomic E-state index is 0.0535. The molecule has 30 heavy (non-hydrogen) atoms. The molecule has 3 rings (SSSR count). The van der Waals surface area contributed by atoms with Gasteiger partial charge >= 0.3 is 6.61 Å². The minimum atomic E-state index is -2.94. The second-order valence-electron chi connectivity index (χ2n) is 5.93. The highest BCUT2D eigenvalue weighted by Crippen LogP contribution is 2.30. The molecule has 0 atom stereocenters. The molecule has 1 aromatic carbocycles. The van der Waals surface area contributed by atoms with Crippen LogP contribution in [-0.2, 0) is 11.3 Å². The van der Waals surface area contributed by atoms with Crippen LogP contribution in [0, 0.1) is 0 Å². The van der Waals surface area contributed by atoms with Crippen molar-refractivity contribution in [3.8, 4) is 22.8 Å². The van der Waals surface area contributed by atoms with Gasteiger partial charge in [-0.05, 0) is 42.8 Å². The van der Waals surface area contributed by atoms with Crippen molar-refractivity contribution in [2.75, 3.05) is 6.61 Å². The van der Waals surface area contributed by atoms with Crippen LogP contribution in [0.3, 0.4) is 0 Å². The molecular weight excluding hydrogens is 412 g/mol. The fourth-order valence-electron chi connectivity index (χ4n) is 2.53. The zero-order chi connectivity index (χ0) is 21.3. The third-order valence-corrected chi connectivity index (χ3v) is 4.70. The van der Waals surface area contributed by atoms with Gasteiger partial charge in [-0.15, -0.1) is 11.3 Å². The summed E-state index contributed by atoms with van der Waals surface area (Å²) in [5, 5.41) is 5.46. The number of carbonyl (C=O) groups is 1. The van der Waals surface area contributed by atoms with Gasteiger partial charge in [-0.25, -0.2) is 4.98 Å². The van der Waals surface area contributed by atoms with Crippen LogP contribution in [0.5, 0.6) is 11.5 Å². The SMILES string of the molecule is CCOc1cc(/C=C/C(=O)NCc2nc(-c3ccncc3)cs2)ccc1OC(F)F. The fourth-order valence-corrected chi connectivity index (χ4v) is 3.27. The lowest BCUT2D eigenvalue weighted by Crippen LogP contribution is -2.20. The van der Waals surface area contributed by atoms with Gasteiger partial charge in [0.2, 0.25) is 5.91 Å². The van der Waals surface area contributed by atoms with Crippen LogP contribution < -0.4 is 14.8 Å². The van der Waals surface area contributed by atoms with E-state index in [-0.39, 0.29) is 17.4 Å². The molecule has 9 heteroatoms. The first-order chi connectivity index (χ1) is 14.5. The van der Waals surface area contributed by atoms with Crippen LogP contribution in [0.25, 0.3) is 17.3 Å². The van der Waals surface area contributed by atoms with E-state index >= 15 is 0 Å². The van der Waals surface area contributed by atoms with E-state index in [1.54, 1.807) is 31.5 Å². The third kappa shape index (κ3) is 6.08. The second kappa shape index (κ2) is 10.4. The van der Waals surface area contributed by atoms with E-state index < -0.39 is 6.61 Å². The molecule has 0 aliphatic heterocycles. The predicted octanol–water partition coefficient (Wildman–Crippen LogP) is 4.53. The summed E-state index contributed by atoms with van der Waals surface area (Å²) in [7, 11) is 0. The van der Waals surface area contributed by atoms with Crippen LogP contribution in [0.15, 0.2) is 54.2 Å². The van der Waals surface area contributed by atoms with E-state index in [4.69, 9.17) is 4.74 Å². The molecule has 0 bridgehead atoms. The zero-order valence-electron chi connectivity index (χ0n) is 16.0. The van der Waals surface area contributed by atoms with Crippen molar-refractivity contribution in [3.63, 3.8) is 0 Å². The number of alkyl halides is 2. The standard InChI is InChI=1S/C21H19F2N3O3S/c1-2-28-18-11-14(3-5-17(18)29-21(22)23)4-6-19(27)25-12-20-26-16(13-30-20)15-7-9-24-10-8-15/h3-11,13,21H,2,12H2,1H3,(H,25,27)/b6-4+. The molecule has 1 amide bonds. The fraction of sp³-hybridized carbons (Fsp3) is 0.190. The first-order valence-electron chi connectivity index (χ1n) is 9.07. The largest absolute Gasteiger partial charge is 0.490 e. The number of rotatable bonds is 9. The number of hydrogen-bond acceptors (Lipinski definition) is 6. The topological polar surface area (TPSA) is 73.3 Å². The Labute approximate surface area is 176 Å². The highest BCUT2D eigenvalue weighted by atomic mass is 32.1. The predicted molar refractivity (Wildman–Crippen MR) is 110 cm³/mol. The van der Waals surface area contributed by atoms with E-state index in [1.165, 1.54) is 29.5 Å². The Bertz CT molecular complexity index is 1010. The maximum Gasteiger partial charge on any atom is 0.387 e. The Kier molecular flexibility index (Phi) is 7.45. The van der Waals surface area contributed by atoms with Crippen molar-refractivity contribution in [1.29, 1.82) is 0 Å². The molecule has 2 heterocycles. The number of pyridine rings is 1. The smallest absolute Gasteiger partial charge is 0.387 e. The molecule has 0 saturated carbocycles. The second-order valence-corrected chi connectivity index (χ2v) is 6.87. The van der Waals surface area contributed by atoms with Gasteiger partial charge in [0.05, 0.1) is 18.8 Å². The van der Waals surface area contributed by atoms with Crippen molar-refractivity contribution >= 4 is 23.3 Å². The molecule has 0 saturated heterocycles. The van der Waals surface area contributed by atoms with E-state index in [9.17, 15) is 13.6 Å². The number of thiazole rings is 1. The van der Waals surface area contributed by atoms with Crippen molar-refractivity contribution in [2.45, 2.75) is 20.1 Å². The van der Waals surface area contributed by atoms with Crippen LogP contribution in [0.1, 0.15) is 17.5 Å². The average Bonchev–Trinajstić information content (AvgIpc) is 3.22. The molecule has 0 radical (unpaired) electrons. The molecule has 1 N–H and O–H groups in total. The molecule has 6 nitrogen and oxygen atoms in total. The van der Waals surface area contributed by atoms with Crippen LogP contribution in [0.2, 0.25) is 0 Å². The van der Waals surface area contributed by atoms with Gasteiger partial charge in [0.25, 0.3) is 0 Å². The first kappa shape index (κ1) is 21.4. The number of halogens is 2. The lowest BCUT2D eigenvalue weighted by molar-refractivity contribution is -0.116. The lowest BCUT2D eigenvalue weighted by Gasteiger charge is -2.11. The normalized spacial score (nSPS) is 11.1. The lowest BCUT2D eigenvalue weighted by atomic mass is 10.2. The summed E-state index contributed by atoms with van der Waals surface area (Å²) in [4.78, 5) is 20.6. The zero-order valence-corrected chi connectivity index (χ0v) is 16.9. The van der Waals surface area contributed by atoms with Crippen molar-refractivity contribution < 1.29 is 23.0 Å². The van der Waals surface area contributed by atoms with Crippen LogP contribution in [0.4, 0.5) is 8.78 Å². The quantitative estimate of drug-likeness (QED) is 0.504. The number of aromatic nitrogens is 2. The van der Waals surface area contributed by atoms with Crippen molar-refractivity contribution in [3.05, 3.63) is 64.8 Å². The Hall–Kier alpha value is -3.33. The molecule has 0 unspecified atom stereocenters. The third-order valence-electron chi connectivity index (χ3n) is 3.85. The Morgan fingerprint density at radius 3 is 2.77 bits per heavy atom. The molecular formula is C21H19F2N3O3S. The highest BCUT2D eigenvalue weighted by Gasteiger charge is 2.11. The van der Waals surface area contributed by atoms with E-state index in [0.29, 0.717) is 18.7 Å². The summed E-state index contributed by atoms with van der Waals surface area (Å²) in [5.74, 6) is -0.171. The summed E-state index contributed by atoms with van der Waals surface area (Å²) < 4.78 is 34.7.